The zero-order valence-electron chi connectivity index (χ0n) is 14.2. The van der Waals surface area contributed by atoms with E-state index < -0.39 is 5.92 Å². The Bertz CT molecular complexity index is 813. The van der Waals surface area contributed by atoms with Gasteiger partial charge < -0.3 is 15.0 Å². The Morgan fingerprint density at radius 3 is 2.84 bits per heavy atom. The van der Waals surface area contributed by atoms with Gasteiger partial charge in [0.05, 0.1) is 17.9 Å². The number of anilines is 1. The number of alkyl halides is 2. The lowest BCUT2D eigenvalue weighted by atomic mass is 10.1. The van der Waals surface area contributed by atoms with Gasteiger partial charge in [0.1, 0.15) is 0 Å². The molecule has 2 aromatic rings. The molecule has 25 heavy (non-hydrogen) atoms. The first-order chi connectivity index (χ1) is 12.0. The van der Waals surface area contributed by atoms with Crippen molar-refractivity contribution in [2.75, 3.05) is 31.1 Å². The Balaban J connectivity index is 1.52. The number of imidazole rings is 1. The van der Waals surface area contributed by atoms with Gasteiger partial charge in [0, 0.05) is 51.0 Å². The summed E-state index contributed by atoms with van der Waals surface area (Å²) in [4.78, 5) is 8.86. The van der Waals surface area contributed by atoms with Crippen LogP contribution < -0.4 is 10.6 Å². The smallest absolute Gasteiger partial charge is 0.262 e. The molecule has 0 spiro atoms. The summed E-state index contributed by atoms with van der Waals surface area (Å²) < 4.78 is 29.6. The van der Waals surface area contributed by atoms with Crippen molar-refractivity contribution in [3.8, 4) is 0 Å². The van der Waals surface area contributed by atoms with E-state index in [1.807, 2.05) is 11.1 Å². The van der Waals surface area contributed by atoms with Crippen LogP contribution in [0.4, 0.5) is 14.5 Å². The third-order valence-electron chi connectivity index (χ3n) is 5.77. The minimum Gasteiger partial charge on any atom is -0.366 e. The van der Waals surface area contributed by atoms with Crippen LogP contribution in [-0.2, 0) is 6.54 Å². The fourth-order valence-electron chi connectivity index (χ4n) is 4.34. The first-order valence-electron chi connectivity index (χ1n) is 9.11. The van der Waals surface area contributed by atoms with Crippen molar-refractivity contribution in [1.29, 1.82) is 0 Å². The summed E-state index contributed by atoms with van der Waals surface area (Å²) in [6.07, 6.45) is 6.57. The SMILES string of the molecule is NCc1cn2cc(C3CC3)cc(N3CCN4CC(F)(F)CC4C3)c2n1. The lowest BCUT2D eigenvalue weighted by Gasteiger charge is -2.38. The molecule has 1 atom stereocenters. The molecule has 0 radical (unpaired) electrons. The summed E-state index contributed by atoms with van der Waals surface area (Å²) in [5, 5.41) is 0. The summed E-state index contributed by atoms with van der Waals surface area (Å²) in [5.74, 6) is -1.92. The predicted molar refractivity (Wildman–Crippen MR) is 92.2 cm³/mol. The minimum atomic E-state index is -2.55. The summed E-state index contributed by atoms with van der Waals surface area (Å²) in [6.45, 7) is 2.40. The van der Waals surface area contributed by atoms with Gasteiger partial charge in [0.2, 0.25) is 0 Å². The van der Waals surface area contributed by atoms with Crippen LogP contribution in [0.1, 0.15) is 36.4 Å². The summed E-state index contributed by atoms with van der Waals surface area (Å²) in [6, 6.07) is 2.15. The number of aromatic nitrogens is 2. The zero-order chi connectivity index (χ0) is 17.2. The Morgan fingerprint density at radius 2 is 2.08 bits per heavy atom. The van der Waals surface area contributed by atoms with Crippen LogP contribution in [0.5, 0.6) is 0 Å². The molecule has 134 valence electrons. The zero-order valence-corrected chi connectivity index (χ0v) is 14.2. The Morgan fingerprint density at radius 1 is 1.24 bits per heavy atom. The van der Waals surface area contributed by atoms with Gasteiger partial charge in [-0.1, -0.05) is 0 Å². The standard InChI is InChI=1S/C18H23F2N5/c19-18(20)6-15-10-23(3-4-24(15)11-18)16-5-13(12-1-2-12)8-25-9-14(7-21)22-17(16)25/h5,8-9,12,15H,1-4,6-7,10-11,21H2. The van der Waals surface area contributed by atoms with Gasteiger partial charge in [-0.05, 0) is 30.4 Å². The number of piperazine rings is 1. The highest BCUT2D eigenvalue weighted by Crippen LogP contribution is 2.42. The highest BCUT2D eigenvalue weighted by atomic mass is 19.3. The van der Waals surface area contributed by atoms with E-state index in [4.69, 9.17) is 5.73 Å². The topological polar surface area (TPSA) is 49.8 Å². The highest BCUT2D eigenvalue weighted by molar-refractivity contribution is 5.71. The molecule has 2 aromatic heterocycles. The predicted octanol–water partition coefficient (Wildman–Crippen LogP) is 2.20. The van der Waals surface area contributed by atoms with Crippen molar-refractivity contribution in [1.82, 2.24) is 14.3 Å². The third kappa shape index (κ3) is 2.69. The van der Waals surface area contributed by atoms with Crippen molar-refractivity contribution < 1.29 is 8.78 Å². The Labute approximate surface area is 145 Å². The molecule has 1 aliphatic carbocycles. The number of nitrogens with two attached hydrogens (primary N) is 1. The van der Waals surface area contributed by atoms with Gasteiger partial charge in [-0.15, -0.1) is 0 Å². The number of hydrogen-bond acceptors (Lipinski definition) is 4. The average molecular weight is 347 g/mol. The van der Waals surface area contributed by atoms with Crippen molar-refractivity contribution in [3.63, 3.8) is 0 Å². The maximum absolute atomic E-state index is 13.8. The molecule has 1 unspecified atom stereocenters. The largest absolute Gasteiger partial charge is 0.366 e. The normalized spacial score (nSPS) is 26.4. The second-order valence-corrected chi connectivity index (χ2v) is 7.73. The van der Waals surface area contributed by atoms with E-state index in [0.717, 1.165) is 23.6 Å². The Hall–Kier alpha value is -1.73. The maximum atomic E-state index is 13.8. The summed E-state index contributed by atoms with van der Waals surface area (Å²) in [5.41, 5.74) is 9.92. The van der Waals surface area contributed by atoms with Crippen molar-refractivity contribution in [3.05, 3.63) is 29.7 Å². The van der Waals surface area contributed by atoms with Crippen molar-refractivity contribution in [2.45, 2.75) is 43.7 Å². The first kappa shape index (κ1) is 15.5. The number of rotatable bonds is 3. The minimum absolute atomic E-state index is 0.0371. The monoisotopic (exact) mass is 347 g/mol. The van der Waals surface area contributed by atoms with Gasteiger partial charge in [-0.3, -0.25) is 4.90 Å². The molecule has 0 amide bonds. The van der Waals surface area contributed by atoms with Crippen molar-refractivity contribution >= 4 is 11.3 Å². The molecule has 7 heteroatoms. The van der Waals surface area contributed by atoms with Crippen LogP contribution in [0.3, 0.4) is 0 Å². The average Bonchev–Trinajstić information content (AvgIpc) is 3.26. The molecule has 5 rings (SSSR count). The van der Waals surface area contributed by atoms with E-state index in [-0.39, 0.29) is 19.0 Å². The van der Waals surface area contributed by atoms with Crippen LogP contribution in [0.15, 0.2) is 18.5 Å². The van der Waals surface area contributed by atoms with Gasteiger partial charge >= 0.3 is 0 Å². The molecular formula is C18H23F2N5. The summed E-state index contributed by atoms with van der Waals surface area (Å²) in [7, 11) is 0. The number of pyridine rings is 1. The molecular weight excluding hydrogens is 324 g/mol. The lowest BCUT2D eigenvalue weighted by Crippen LogP contribution is -2.50. The first-order valence-corrected chi connectivity index (χ1v) is 9.11. The van der Waals surface area contributed by atoms with E-state index in [2.05, 4.69) is 26.5 Å². The lowest BCUT2D eigenvalue weighted by molar-refractivity contribution is 0.0125. The van der Waals surface area contributed by atoms with Crippen LogP contribution in [0.25, 0.3) is 5.65 Å². The molecule has 3 aliphatic rings. The molecule has 1 saturated carbocycles. The number of fused-ring (bicyclic) bond motifs is 2. The van der Waals surface area contributed by atoms with Gasteiger partial charge in [-0.25, -0.2) is 13.8 Å². The maximum Gasteiger partial charge on any atom is 0.262 e. The second kappa shape index (κ2) is 5.38. The molecule has 0 aromatic carbocycles. The molecule has 2 saturated heterocycles. The number of nitrogens with zero attached hydrogens (tertiary/aromatic N) is 4. The van der Waals surface area contributed by atoms with E-state index >= 15 is 0 Å². The van der Waals surface area contributed by atoms with E-state index in [1.54, 1.807) is 0 Å². The molecule has 5 nitrogen and oxygen atoms in total. The van der Waals surface area contributed by atoms with Crippen molar-refractivity contribution in [2.24, 2.45) is 5.73 Å². The molecule has 2 N–H and O–H groups in total. The quantitative estimate of drug-likeness (QED) is 0.925. The van der Waals surface area contributed by atoms with Gasteiger partial charge in [0.15, 0.2) is 5.65 Å². The molecule has 0 bridgehead atoms. The number of halogens is 2. The second-order valence-electron chi connectivity index (χ2n) is 7.73. The molecule has 2 aliphatic heterocycles. The van der Waals surface area contributed by atoms with E-state index in [0.29, 0.717) is 25.6 Å². The summed E-state index contributed by atoms with van der Waals surface area (Å²) >= 11 is 0. The fourth-order valence-corrected chi connectivity index (χ4v) is 4.34. The van der Waals surface area contributed by atoms with Crippen LogP contribution in [0.2, 0.25) is 0 Å². The third-order valence-corrected chi connectivity index (χ3v) is 5.77. The van der Waals surface area contributed by atoms with Crippen LogP contribution >= 0.6 is 0 Å². The van der Waals surface area contributed by atoms with E-state index in [1.165, 1.54) is 18.4 Å². The highest BCUT2D eigenvalue weighted by Gasteiger charge is 2.47. The van der Waals surface area contributed by atoms with Crippen LogP contribution in [-0.4, -0.2) is 52.4 Å². The van der Waals surface area contributed by atoms with Crippen LogP contribution in [0, 0.1) is 0 Å². The van der Waals surface area contributed by atoms with E-state index in [9.17, 15) is 8.78 Å². The molecule has 4 heterocycles. The fraction of sp³-hybridized carbons (Fsp3) is 0.611. The van der Waals surface area contributed by atoms with Gasteiger partial charge in [-0.2, -0.15) is 0 Å². The van der Waals surface area contributed by atoms with Gasteiger partial charge in [0.25, 0.3) is 5.92 Å². The Kier molecular flexibility index (Phi) is 3.34. The number of hydrogen-bond donors (Lipinski definition) is 1. The molecule has 3 fully saturated rings.